The van der Waals surface area contributed by atoms with E-state index in [1.54, 1.807) is 5.57 Å². The number of rotatable bonds is 3. The molecule has 0 radical (unpaired) electrons. The maximum absolute atomic E-state index is 10.2. The second kappa shape index (κ2) is 7.65. The van der Waals surface area contributed by atoms with Crippen LogP contribution in [-0.4, -0.2) is 11.2 Å². The van der Waals surface area contributed by atoms with Crippen LogP contribution in [0.2, 0.25) is 0 Å². The molecule has 0 aromatic heterocycles. The summed E-state index contributed by atoms with van der Waals surface area (Å²) in [4.78, 5) is 0. The van der Waals surface area contributed by atoms with E-state index in [0.29, 0.717) is 34.0 Å². The van der Waals surface area contributed by atoms with Crippen LogP contribution >= 0.6 is 0 Å². The van der Waals surface area contributed by atoms with Gasteiger partial charge in [-0.15, -0.1) is 0 Å². The molecular weight excluding hydrogens is 364 g/mol. The molecule has 0 aliphatic heterocycles. The Morgan fingerprint density at radius 3 is 2.40 bits per heavy atom. The van der Waals surface area contributed by atoms with Crippen molar-refractivity contribution in [2.45, 2.75) is 99.5 Å². The number of fused-ring (bicyclic) bond motifs is 5. The normalized spacial score (nSPS) is 43.3. The lowest BCUT2D eigenvalue weighted by Gasteiger charge is -2.55. The summed E-state index contributed by atoms with van der Waals surface area (Å²) >= 11 is 0. The van der Waals surface area contributed by atoms with E-state index >= 15 is 0 Å². The lowest BCUT2D eigenvalue weighted by Crippen LogP contribution is -2.46. The third kappa shape index (κ3) is 3.58. The molecular formula is C29H46O. The van der Waals surface area contributed by atoms with Crippen molar-refractivity contribution in [3.05, 3.63) is 35.5 Å². The number of hydrogen-bond acceptors (Lipinski definition) is 1. The van der Waals surface area contributed by atoms with E-state index in [9.17, 15) is 5.11 Å². The summed E-state index contributed by atoms with van der Waals surface area (Å²) in [6.07, 6.45) is 18.4. The fourth-order valence-corrected chi connectivity index (χ4v) is 7.65. The van der Waals surface area contributed by atoms with Crippen molar-refractivity contribution in [2.75, 3.05) is 0 Å². The topological polar surface area (TPSA) is 20.2 Å². The highest BCUT2D eigenvalue weighted by atomic mass is 16.3. The summed E-state index contributed by atoms with van der Waals surface area (Å²) in [7, 11) is 0. The van der Waals surface area contributed by atoms with E-state index in [1.165, 1.54) is 37.7 Å². The molecule has 8 atom stereocenters. The molecule has 0 heterocycles. The van der Waals surface area contributed by atoms with Gasteiger partial charge in [0.15, 0.2) is 0 Å². The molecule has 0 bridgehead atoms. The zero-order valence-electron chi connectivity index (χ0n) is 20.7. The van der Waals surface area contributed by atoms with E-state index in [1.807, 2.05) is 0 Å². The molecule has 0 aromatic carbocycles. The Morgan fingerprint density at radius 2 is 1.70 bits per heavy atom. The first-order chi connectivity index (χ1) is 14.0. The Hall–Kier alpha value is -0.820. The average Bonchev–Trinajstić information content (AvgIpc) is 3.03. The molecule has 4 rings (SSSR count). The van der Waals surface area contributed by atoms with Gasteiger partial charge in [-0.05, 0) is 90.8 Å². The van der Waals surface area contributed by atoms with Crippen LogP contribution in [0.15, 0.2) is 35.5 Å². The van der Waals surface area contributed by atoms with Crippen molar-refractivity contribution in [3.8, 4) is 0 Å². The van der Waals surface area contributed by atoms with E-state index in [2.05, 4.69) is 72.8 Å². The van der Waals surface area contributed by atoms with Gasteiger partial charge >= 0.3 is 0 Å². The summed E-state index contributed by atoms with van der Waals surface area (Å²) in [6.45, 7) is 17.0. The number of hydrogen-bond donors (Lipinski definition) is 1. The Labute approximate surface area is 186 Å². The summed E-state index contributed by atoms with van der Waals surface area (Å²) in [5, 5.41) is 10.2. The summed E-state index contributed by atoms with van der Waals surface area (Å²) < 4.78 is 0. The summed E-state index contributed by atoms with van der Waals surface area (Å²) in [6, 6.07) is 0. The van der Waals surface area contributed by atoms with Crippen molar-refractivity contribution < 1.29 is 5.11 Å². The van der Waals surface area contributed by atoms with Crippen molar-refractivity contribution in [3.63, 3.8) is 0 Å². The highest BCUT2D eigenvalue weighted by molar-refractivity contribution is 5.39. The van der Waals surface area contributed by atoms with Crippen LogP contribution in [0.5, 0.6) is 0 Å². The van der Waals surface area contributed by atoms with Crippen molar-refractivity contribution in [1.82, 2.24) is 0 Å². The fraction of sp³-hybridized carbons (Fsp3) is 0.793. The van der Waals surface area contributed by atoms with Crippen molar-refractivity contribution in [2.24, 2.45) is 45.8 Å². The predicted octanol–water partition coefficient (Wildman–Crippen LogP) is 7.72. The first-order valence-corrected chi connectivity index (χ1v) is 12.7. The summed E-state index contributed by atoms with van der Waals surface area (Å²) in [5.74, 6) is 3.57. The highest BCUT2D eigenvalue weighted by Crippen LogP contribution is 2.66. The van der Waals surface area contributed by atoms with Crippen molar-refractivity contribution >= 4 is 0 Å². The van der Waals surface area contributed by atoms with Gasteiger partial charge in [0, 0.05) is 0 Å². The fourth-order valence-electron chi connectivity index (χ4n) is 7.65. The number of allylic oxidation sites excluding steroid dienone is 5. The minimum absolute atomic E-state index is 0.118. The maximum Gasteiger partial charge on any atom is 0.0578 e. The van der Waals surface area contributed by atoms with Crippen LogP contribution < -0.4 is 0 Å². The van der Waals surface area contributed by atoms with Gasteiger partial charge in [-0.2, -0.15) is 0 Å². The van der Waals surface area contributed by atoms with Crippen LogP contribution in [0.3, 0.4) is 0 Å². The Bertz CT molecular complexity index is 749. The minimum atomic E-state index is -0.118. The molecule has 0 saturated heterocycles. The third-order valence-electron chi connectivity index (χ3n) is 10.3. The highest BCUT2D eigenvalue weighted by Gasteiger charge is 2.56. The second-order valence-corrected chi connectivity index (χ2v) is 12.9. The predicted molar refractivity (Wildman–Crippen MR) is 128 cm³/mol. The third-order valence-corrected chi connectivity index (χ3v) is 10.3. The first kappa shape index (κ1) is 22.4. The van der Waals surface area contributed by atoms with Crippen LogP contribution in [0.25, 0.3) is 0 Å². The molecule has 3 fully saturated rings. The smallest absolute Gasteiger partial charge is 0.0578 e. The molecule has 1 nitrogen and oxygen atoms in total. The molecule has 1 N–H and O–H groups in total. The molecule has 1 heteroatoms. The van der Waals surface area contributed by atoms with Gasteiger partial charge in [0.05, 0.1) is 6.10 Å². The SMILES string of the molecule is CC(/C=C/[C@@H](C)[C@H]1CC[C@H]2C3=CC=C4C[C@@H](O)CC[C@]4(C)[C@H]3CC[C@]12C)C(C)(C)C. The lowest BCUT2D eigenvalue weighted by molar-refractivity contribution is 0.0382. The largest absolute Gasteiger partial charge is 0.393 e. The Balaban J connectivity index is 1.56. The van der Waals surface area contributed by atoms with Gasteiger partial charge < -0.3 is 5.11 Å². The van der Waals surface area contributed by atoms with Crippen LogP contribution in [-0.2, 0) is 0 Å². The molecule has 4 aliphatic rings. The van der Waals surface area contributed by atoms with E-state index < -0.39 is 0 Å². The molecule has 0 amide bonds. The Kier molecular flexibility index (Phi) is 5.70. The lowest BCUT2D eigenvalue weighted by atomic mass is 9.50. The molecule has 30 heavy (non-hydrogen) atoms. The number of aliphatic hydroxyl groups is 1. The molecule has 4 aliphatic carbocycles. The van der Waals surface area contributed by atoms with Gasteiger partial charge in [-0.25, -0.2) is 0 Å². The summed E-state index contributed by atoms with van der Waals surface area (Å²) in [5.41, 5.74) is 4.40. The van der Waals surface area contributed by atoms with E-state index in [0.717, 1.165) is 24.7 Å². The molecule has 1 unspecified atom stereocenters. The van der Waals surface area contributed by atoms with Crippen LogP contribution in [0.4, 0.5) is 0 Å². The zero-order chi connectivity index (χ0) is 21.9. The molecule has 3 saturated carbocycles. The average molecular weight is 411 g/mol. The van der Waals surface area contributed by atoms with Crippen LogP contribution in [0.1, 0.15) is 93.4 Å². The number of aliphatic hydroxyl groups excluding tert-OH is 1. The van der Waals surface area contributed by atoms with E-state index in [-0.39, 0.29) is 6.10 Å². The van der Waals surface area contributed by atoms with Gasteiger partial charge in [0.2, 0.25) is 0 Å². The second-order valence-electron chi connectivity index (χ2n) is 12.9. The van der Waals surface area contributed by atoms with Gasteiger partial charge in [0.25, 0.3) is 0 Å². The first-order valence-electron chi connectivity index (χ1n) is 12.7. The van der Waals surface area contributed by atoms with E-state index in [4.69, 9.17) is 0 Å². The standard InChI is InChI=1S/C29H46O/c1-19(8-9-20(2)27(3,4)5)24-12-13-25-23-11-10-21-18-22(30)14-16-28(21,6)26(23)15-17-29(24,25)7/h8-11,19-20,22,24-26,30H,12-18H2,1-7H3/b9-8+/t19-,20?,22+,24-,25+,26+,28+,29-/m1/s1. The monoisotopic (exact) mass is 410 g/mol. The molecule has 0 spiro atoms. The minimum Gasteiger partial charge on any atom is -0.393 e. The Morgan fingerprint density at radius 1 is 0.967 bits per heavy atom. The quantitative estimate of drug-likeness (QED) is 0.472. The van der Waals surface area contributed by atoms with Gasteiger partial charge in [-0.1, -0.05) is 83.9 Å². The molecule has 168 valence electrons. The maximum atomic E-state index is 10.2. The van der Waals surface area contributed by atoms with Gasteiger partial charge in [0.1, 0.15) is 0 Å². The van der Waals surface area contributed by atoms with Gasteiger partial charge in [-0.3, -0.25) is 0 Å². The zero-order valence-corrected chi connectivity index (χ0v) is 20.7. The van der Waals surface area contributed by atoms with Crippen molar-refractivity contribution in [1.29, 1.82) is 0 Å². The van der Waals surface area contributed by atoms with Crippen LogP contribution in [0, 0.1) is 45.8 Å². The molecule has 0 aromatic rings.